The summed E-state index contributed by atoms with van der Waals surface area (Å²) in [6.45, 7) is 4.45. The molecule has 2 amide bonds. The highest BCUT2D eigenvalue weighted by molar-refractivity contribution is 5.90. The van der Waals surface area contributed by atoms with Crippen molar-refractivity contribution in [3.05, 3.63) is 11.6 Å². The van der Waals surface area contributed by atoms with Crippen LogP contribution in [0.25, 0.3) is 0 Å². The van der Waals surface area contributed by atoms with E-state index in [0.717, 1.165) is 5.57 Å². The molecular formula is C15H24N2O4. The van der Waals surface area contributed by atoms with Crippen LogP contribution >= 0.6 is 0 Å². The highest BCUT2D eigenvalue weighted by Gasteiger charge is 2.53. The number of rotatable bonds is 4. The molecule has 2 heterocycles. The molecule has 2 rings (SSSR count). The number of amides is 2. The first-order chi connectivity index (χ1) is 10.0. The van der Waals surface area contributed by atoms with Gasteiger partial charge in [-0.2, -0.15) is 0 Å². The number of hydrogen-bond donors (Lipinski definition) is 1. The molecule has 2 aliphatic heterocycles. The van der Waals surface area contributed by atoms with E-state index < -0.39 is 5.41 Å². The number of nitrogens with zero attached hydrogens (tertiary/aromatic N) is 1. The molecule has 2 atom stereocenters. The largest absolute Gasteiger partial charge is 0.381 e. The highest BCUT2D eigenvalue weighted by atomic mass is 16.5. The fraction of sp³-hybridized carbons (Fsp3) is 0.733. The number of nitrogens with one attached hydrogen (secondary N) is 1. The standard InChI is InChI=1S/C15H24N2O4/c1-11(8-20-3)6-13(18)17-7-12-9-21-5-4-15(12,10-17)14(19)16-2/h6,12H,4-5,7-10H2,1-3H3,(H,16,19)/b11-6+/t12-,15+/m1/s1. The Hall–Kier alpha value is -1.40. The molecule has 2 aliphatic rings. The van der Waals surface area contributed by atoms with E-state index in [2.05, 4.69) is 5.32 Å². The van der Waals surface area contributed by atoms with Gasteiger partial charge in [0.25, 0.3) is 0 Å². The van der Waals surface area contributed by atoms with Crippen molar-refractivity contribution in [2.24, 2.45) is 11.3 Å². The lowest BCUT2D eigenvalue weighted by molar-refractivity contribution is -0.138. The Labute approximate surface area is 125 Å². The summed E-state index contributed by atoms with van der Waals surface area (Å²) in [5.41, 5.74) is 0.383. The van der Waals surface area contributed by atoms with Gasteiger partial charge in [-0.3, -0.25) is 9.59 Å². The van der Waals surface area contributed by atoms with Crippen LogP contribution in [-0.2, 0) is 19.1 Å². The second-order valence-corrected chi connectivity index (χ2v) is 5.90. The van der Waals surface area contributed by atoms with Crippen LogP contribution in [0.4, 0.5) is 0 Å². The van der Waals surface area contributed by atoms with Crippen molar-refractivity contribution in [3.8, 4) is 0 Å². The molecule has 0 aromatic carbocycles. The molecule has 2 fully saturated rings. The molecule has 0 unspecified atom stereocenters. The Morgan fingerprint density at radius 2 is 2.29 bits per heavy atom. The quantitative estimate of drug-likeness (QED) is 0.752. The molecule has 6 nitrogen and oxygen atoms in total. The summed E-state index contributed by atoms with van der Waals surface area (Å²) < 4.78 is 10.5. The van der Waals surface area contributed by atoms with Crippen molar-refractivity contribution in [2.75, 3.05) is 47.1 Å². The molecule has 1 N–H and O–H groups in total. The van der Waals surface area contributed by atoms with Gasteiger partial charge in [-0.15, -0.1) is 0 Å². The first kappa shape index (κ1) is 16.0. The zero-order valence-corrected chi connectivity index (χ0v) is 13.0. The van der Waals surface area contributed by atoms with E-state index >= 15 is 0 Å². The van der Waals surface area contributed by atoms with Crippen LogP contribution in [-0.4, -0.2) is 63.8 Å². The van der Waals surface area contributed by atoms with Gasteiger partial charge in [-0.05, 0) is 18.9 Å². The summed E-state index contributed by atoms with van der Waals surface area (Å²) in [7, 11) is 3.25. The van der Waals surface area contributed by atoms with Crippen molar-refractivity contribution in [1.29, 1.82) is 0 Å². The monoisotopic (exact) mass is 296 g/mol. The topological polar surface area (TPSA) is 67.9 Å². The van der Waals surface area contributed by atoms with Crippen molar-refractivity contribution < 1.29 is 19.1 Å². The van der Waals surface area contributed by atoms with E-state index in [1.807, 2.05) is 6.92 Å². The first-order valence-electron chi connectivity index (χ1n) is 7.28. The molecule has 21 heavy (non-hydrogen) atoms. The van der Waals surface area contributed by atoms with Gasteiger partial charge in [-0.25, -0.2) is 0 Å². The molecule has 0 aliphatic carbocycles. The van der Waals surface area contributed by atoms with E-state index in [1.165, 1.54) is 0 Å². The minimum absolute atomic E-state index is 0.0173. The summed E-state index contributed by atoms with van der Waals surface area (Å²) in [6, 6.07) is 0. The number of fused-ring (bicyclic) bond motifs is 1. The SMILES string of the molecule is CNC(=O)[C@]12CCOC[C@H]1CN(C(=O)/C=C(\C)COC)C2. The maximum absolute atomic E-state index is 12.3. The van der Waals surface area contributed by atoms with Crippen LogP contribution in [0.3, 0.4) is 0 Å². The summed E-state index contributed by atoms with van der Waals surface area (Å²) in [5.74, 6) is 0.0391. The minimum atomic E-state index is -0.494. The number of hydrogen-bond acceptors (Lipinski definition) is 4. The number of methoxy groups -OCH3 is 1. The van der Waals surface area contributed by atoms with Crippen LogP contribution in [0.2, 0.25) is 0 Å². The summed E-state index contributed by atoms with van der Waals surface area (Å²) >= 11 is 0. The third kappa shape index (κ3) is 3.11. The van der Waals surface area contributed by atoms with Crippen LogP contribution in [0.5, 0.6) is 0 Å². The maximum atomic E-state index is 12.3. The average molecular weight is 296 g/mol. The van der Waals surface area contributed by atoms with Crippen molar-refractivity contribution >= 4 is 11.8 Å². The molecule has 0 spiro atoms. The minimum Gasteiger partial charge on any atom is -0.381 e. The molecule has 0 saturated carbocycles. The third-order valence-electron chi connectivity index (χ3n) is 4.44. The summed E-state index contributed by atoms with van der Waals surface area (Å²) in [4.78, 5) is 26.4. The molecule has 0 bridgehead atoms. The lowest BCUT2D eigenvalue weighted by Gasteiger charge is -2.36. The number of carbonyl (C=O) groups excluding carboxylic acids is 2. The normalized spacial score (nSPS) is 29.2. The van der Waals surface area contributed by atoms with E-state index in [-0.39, 0.29) is 17.7 Å². The third-order valence-corrected chi connectivity index (χ3v) is 4.44. The second-order valence-electron chi connectivity index (χ2n) is 5.90. The predicted molar refractivity (Wildman–Crippen MR) is 77.6 cm³/mol. The Kier molecular flexibility index (Phi) is 5.00. The molecular weight excluding hydrogens is 272 g/mol. The van der Waals surface area contributed by atoms with E-state index in [4.69, 9.17) is 9.47 Å². The zero-order chi connectivity index (χ0) is 15.5. The van der Waals surface area contributed by atoms with Gasteiger partial charge in [0, 0.05) is 45.8 Å². The van der Waals surface area contributed by atoms with Crippen LogP contribution in [0, 0.1) is 11.3 Å². The smallest absolute Gasteiger partial charge is 0.246 e. The molecule has 0 aromatic rings. The molecule has 0 radical (unpaired) electrons. The van der Waals surface area contributed by atoms with Crippen molar-refractivity contribution in [3.63, 3.8) is 0 Å². The molecule has 0 aromatic heterocycles. The predicted octanol–water partition coefficient (Wildman–Crippen LogP) is 0.190. The van der Waals surface area contributed by atoms with Gasteiger partial charge in [0.05, 0.1) is 18.6 Å². The summed E-state index contributed by atoms with van der Waals surface area (Å²) in [5, 5.41) is 2.75. The molecule has 118 valence electrons. The Balaban J connectivity index is 2.13. The number of likely N-dealkylation sites (tertiary alicyclic amines) is 1. The second kappa shape index (κ2) is 6.58. The van der Waals surface area contributed by atoms with E-state index in [0.29, 0.717) is 39.3 Å². The van der Waals surface area contributed by atoms with Gasteiger partial charge in [0.1, 0.15) is 0 Å². The molecule has 6 heteroatoms. The Bertz CT molecular complexity index is 449. The zero-order valence-electron chi connectivity index (χ0n) is 13.0. The lowest BCUT2D eigenvalue weighted by Crippen LogP contribution is -2.49. The van der Waals surface area contributed by atoms with E-state index in [1.54, 1.807) is 25.1 Å². The average Bonchev–Trinajstić information content (AvgIpc) is 2.87. The van der Waals surface area contributed by atoms with E-state index in [9.17, 15) is 9.59 Å². The van der Waals surface area contributed by atoms with Crippen molar-refractivity contribution in [1.82, 2.24) is 10.2 Å². The highest BCUT2D eigenvalue weighted by Crippen LogP contribution is 2.42. The van der Waals surface area contributed by atoms with Gasteiger partial charge >= 0.3 is 0 Å². The Morgan fingerprint density at radius 1 is 1.52 bits per heavy atom. The number of carbonyl (C=O) groups is 2. The molecule has 2 saturated heterocycles. The fourth-order valence-electron chi connectivity index (χ4n) is 3.31. The number of ether oxygens (including phenoxy) is 2. The van der Waals surface area contributed by atoms with Gasteiger partial charge in [0.15, 0.2) is 0 Å². The van der Waals surface area contributed by atoms with Gasteiger partial charge in [0.2, 0.25) is 11.8 Å². The van der Waals surface area contributed by atoms with Crippen LogP contribution in [0.1, 0.15) is 13.3 Å². The Morgan fingerprint density at radius 3 is 2.95 bits per heavy atom. The maximum Gasteiger partial charge on any atom is 0.246 e. The van der Waals surface area contributed by atoms with Gasteiger partial charge < -0.3 is 19.7 Å². The fourth-order valence-corrected chi connectivity index (χ4v) is 3.31. The van der Waals surface area contributed by atoms with Gasteiger partial charge in [-0.1, -0.05) is 0 Å². The van der Waals surface area contributed by atoms with Crippen LogP contribution in [0.15, 0.2) is 11.6 Å². The van der Waals surface area contributed by atoms with Crippen molar-refractivity contribution in [2.45, 2.75) is 13.3 Å². The summed E-state index contributed by atoms with van der Waals surface area (Å²) in [6.07, 6.45) is 2.27. The first-order valence-corrected chi connectivity index (χ1v) is 7.28. The lowest BCUT2D eigenvalue weighted by atomic mass is 9.73. The van der Waals surface area contributed by atoms with Crippen LogP contribution < -0.4 is 5.32 Å².